The second kappa shape index (κ2) is 8.17. The minimum Gasteiger partial charge on any atom is -0.449 e. The Morgan fingerprint density at radius 2 is 1.97 bits per heavy atom. The first kappa shape index (κ1) is 23.8. The molecule has 9 nitrogen and oxygen atoms in total. The van der Waals surface area contributed by atoms with E-state index < -0.39 is 35.7 Å². The van der Waals surface area contributed by atoms with Gasteiger partial charge in [-0.25, -0.2) is 9.78 Å². The highest BCUT2D eigenvalue weighted by molar-refractivity contribution is 6.05. The summed E-state index contributed by atoms with van der Waals surface area (Å²) in [5, 5.41) is 4.14. The number of carbonyl (C=O) groups excluding carboxylic acids is 3. The molecule has 34 heavy (non-hydrogen) atoms. The van der Waals surface area contributed by atoms with E-state index in [9.17, 15) is 27.6 Å². The summed E-state index contributed by atoms with van der Waals surface area (Å²) in [7, 11) is 0. The predicted molar refractivity (Wildman–Crippen MR) is 116 cm³/mol. The first-order valence-corrected chi connectivity index (χ1v) is 11.0. The quantitative estimate of drug-likeness (QED) is 0.699. The van der Waals surface area contributed by atoms with Crippen molar-refractivity contribution < 1.29 is 32.3 Å². The Balaban J connectivity index is 1.65. The van der Waals surface area contributed by atoms with Gasteiger partial charge in [-0.2, -0.15) is 13.2 Å². The van der Waals surface area contributed by atoms with Gasteiger partial charge < -0.3 is 15.0 Å². The summed E-state index contributed by atoms with van der Waals surface area (Å²) in [6, 6.07) is 3.14. The molecule has 0 radical (unpaired) electrons. The van der Waals surface area contributed by atoms with Crippen LogP contribution in [0.5, 0.6) is 0 Å². The van der Waals surface area contributed by atoms with Gasteiger partial charge in [0.05, 0.1) is 23.6 Å². The average molecular weight is 481 g/mol. The van der Waals surface area contributed by atoms with Crippen LogP contribution in [-0.2, 0) is 20.0 Å². The molecule has 1 fully saturated rings. The maximum absolute atomic E-state index is 14.5. The Bertz CT molecular complexity index is 1180. The van der Waals surface area contributed by atoms with Gasteiger partial charge in [0.2, 0.25) is 11.9 Å². The van der Waals surface area contributed by atoms with Gasteiger partial charge in [-0.15, -0.1) is 0 Å². The summed E-state index contributed by atoms with van der Waals surface area (Å²) in [5.41, 5.74) is -1.49. The number of fused-ring (bicyclic) bond motifs is 3. The van der Waals surface area contributed by atoms with Crippen molar-refractivity contribution in [1.29, 1.82) is 0 Å². The van der Waals surface area contributed by atoms with Crippen molar-refractivity contribution in [2.45, 2.75) is 46.0 Å². The number of aryl methyl sites for hydroxylation is 2. The summed E-state index contributed by atoms with van der Waals surface area (Å²) < 4.78 is 49.5. The normalized spacial score (nSPS) is 22.3. The molecule has 1 aromatic heterocycles. The molecule has 2 N–H and O–H groups in total. The Morgan fingerprint density at radius 1 is 1.29 bits per heavy atom. The Hall–Kier alpha value is -3.31. The van der Waals surface area contributed by atoms with Gasteiger partial charge in [0, 0.05) is 13.1 Å². The third-order valence-electron chi connectivity index (χ3n) is 6.23. The van der Waals surface area contributed by atoms with E-state index >= 15 is 0 Å². The number of halogens is 3. The lowest BCUT2D eigenvalue weighted by atomic mass is 10.0. The highest BCUT2D eigenvalue weighted by Crippen LogP contribution is 2.44. The molecule has 0 spiro atoms. The zero-order chi connectivity index (χ0) is 25.0. The Morgan fingerprint density at radius 3 is 2.62 bits per heavy atom. The van der Waals surface area contributed by atoms with E-state index in [4.69, 9.17) is 4.74 Å². The fourth-order valence-electron chi connectivity index (χ4n) is 4.24. The second-order valence-electron chi connectivity index (χ2n) is 9.25. The molecule has 2 aliphatic heterocycles. The van der Waals surface area contributed by atoms with E-state index in [0.29, 0.717) is 10.1 Å². The van der Waals surface area contributed by atoms with Crippen molar-refractivity contribution in [3.05, 3.63) is 23.3 Å². The fourth-order valence-corrected chi connectivity index (χ4v) is 4.24. The lowest BCUT2D eigenvalue weighted by Crippen LogP contribution is -2.64. The van der Waals surface area contributed by atoms with Crippen molar-refractivity contribution in [3.8, 4) is 0 Å². The predicted octanol–water partition coefficient (Wildman–Crippen LogP) is 3.05. The van der Waals surface area contributed by atoms with Crippen LogP contribution in [-0.4, -0.2) is 58.2 Å². The number of hydrogen-bond acceptors (Lipinski definition) is 5. The van der Waals surface area contributed by atoms with Gasteiger partial charge in [-0.1, -0.05) is 13.8 Å². The van der Waals surface area contributed by atoms with Crippen LogP contribution in [0.4, 0.5) is 23.9 Å². The third-order valence-corrected chi connectivity index (χ3v) is 6.23. The maximum Gasteiger partial charge on any atom is 0.440 e. The van der Waals surface area contributed by atoms with E-state index in [1.54, 1.807) is 19.9 Å². The molecule has 12 heteroatoms. The lowest BCUT2D eigenvalue weighted by molar-refractivity contribution is -0.218. The van der Waals surface area contributed by atoms with Crippen LogP contribution >= 0.6 is 0 Å². The Kier molecular flexibility index (Phi) is 5.73. The van der Waals surface area contributed by atoms with Crippen LogP contribution in [0, 0.1) is 25.7 Å². The number of hydrogen-bond donors (Lipinski definition) is 2. The lowest BCUT2D eigenvalue weighted by Gasteiger charge is -2.33. The minimum atomic E-state index is -5.17. The molecule has 0 aliphatic carbocycles. The maximum atomic E-state index is 14.5. The van der Waals surface area contributed by atoms with E-state index in [1.807, 2.05) is 19.2 Å². The van der Waals surface area contributed by atoms with Crippen LogP contribution in [0.1, 0.15) is 31.4 Å². The highest BCUT2D eigenvalue weighted by Gasteiger charge is 2.68. The van der Waals surface area contributed by atoms with Gasteiger partial charge in [0.1, 0.15) is 0 Å². The van der Waals surface area contributed by atoms with E-state index in [-0.39, 0.29) is 49.0 Å². The number of imidazole rings is 1. The van der Waals surface area contributed by atoms with Crippen LogP contribution < -0.4 is 10.6 Å². The van der Waals surface area contributed by atoms with Gasteiger partial charge in [0.15, 0.2) is 0 Å². The monoisotopic (exact) mass is 481 g/mol. The minimum absolute atomic E-state index is 0.0689. The highest BCUT2D eigenvalue weighted by atomic mass is 19.4. The molecule has 3 amide bonds. The molecule has 0 bridgehead atoms. The first-order valence-electron chi connectivity index (χ1n) is 11.0. The molecule has 3 heterocycles. The summed E-state index contributed by atoms with van der Waals surface area (Å²) in [6.07, 6.45) is -5.64. The number of alkyl halides is 3. The van der Waals surface area contributed by atoms with Crippen LogP contribution in [0.25, 0.3) is 11.0 Å². The smallest absolute Gasteiger partial charge is 0.440 e. The van der Waals surface area contributed by atoms with Gasteiger partial charge in [0.25, 0.3) is 11.6 Å². The largest absolute Gasteiger partial charge is 0.449 e. The summed E-state index contributed by atoms with van der Waals surface area (Å²) in [6.45, 7) is 7.53. The molecule has 184 valence electrons. The van der Waals surface area contributed by atoms with Crippen LogP contribution in [0.3, 0.4) is 0 Å². The molecule has 1 saturated heterocycles. The van der Waals surface area contributed by atoms with E-state index in [2.05, 4.69) is 10.3 Å². The summed E-state index contributed by atoms with van der Waals surface area (Å²) >= 11 is 0. The van der Waals surface area contributed by atoms with Crippen molar-refractivity contribution in [2.75, 3.05) is 25.0 Å². The first-order chi connectivity index (χ1) is 15.8. The van der Waals surface area contributed by atoms with E-state index in [0.717, 1.165) is 5.56 Å². The zero-order valence-corrected chi connectivity index (χ0v) is 19.2. The molecule has 2 atom stereocenters. The second-order valence-corrected chi connectivity index (χ2v) is 9.25. The molecule has 1 aromatic carbocycles. The Labute approximate surface area is 193 Å². The van der Waals surface area contributed by atoms with Gasteiger partial charge in [-0.05, 0) is 49.4 Å². The standard InChI is InChI=1S/C22H26F3N5O4/c1-11(2)10-34-20(33)29-6-5-14(9-29)17(31)28-21(22(23,24)25)18(32)27-19-26-15-7-12(3)13(4)8-16(15)30(19)21/h7-8,11,14H,5-6,9-10H2,1-4H3,(H,28,31)(H,26,27,32). The number of aromatic nitrogens is 2. The van der Waals surface area contributed by atoms with Gasteiger partial charge in [-0.3, -0.25) is 19.5 Å². The molecular weight excluding hydrogens is 455 g/mol. The molecule has 2 aromatic rings. The van der Waals surface area contributed by atoms with Crippen LogP contribution in [0.15, 0.2) is 12.1 Å². The summed E-state index contributed by atoms with van der Waals surface area (Å²) in [5.74, 6) is -3.54. The SMILES string of the molecule is Cc1cc2nc3n(c2cc1C)C(NC(=O)C1CCN(C(=O)OCC(C)C)C1)(C(F)(F)F)C(=O)N3. The van der Waals surface area contributed by atoms with Crippen LogP contribution in [0.2, 0.25) is 0 Å². The zero-order valence-electron chi connectivity index (χ0n) is 19.2. The molecule has 2 unspecified atom stereocenters. The molecule has 0 saturated carbocycles. The number of likely N-dealkylation sites (tertiary alicyclic amines) is 1. The number of benzene rings is 1. The van der Waals surface area contributed by atoms with Crippen molar-refractivity contribution in [2.24, 2.45) is 11.8 Å². The molecule has 4 rings (SSSR count). The number of nitrogens with one attached hydrogen (secondary N) is 2. The molecular formula is C22H26F3N5O4. The van der Waals surface area contributed by atoms with Crippen molar-refractivity contribution >= 4 is 34.9 Å². The van der Waals surface area contributed by atoms with Gasteiger partial charge >= 0.3 is 12.3 Å². The number of anilines is 1. The number of ether oxygens (including phenoxy) is 1. The fraction of sp³-hybridized carbons (Fsp3) is 0.545. The molecule has 2 aliphatic rings. The number of amides is 3. The topological polar surface area (TPSA) is 106 Å². The third kappa shape index (κ3) is 3.74. The van der Waals surface area contributed by atoms with E-state index in [1.165, 1.54) is 11.0 Å². The van der Waals surface area contributed by atoms with Crippen molar-refractivity contribution in [1.82, 2.24) is 19.8 Å². The summed E-state index contributed by atoms with van der Waals surface area (Å²) in [4.78, 5) is 43.4. The number of nitrogens with zero attached hydrogens (tertiary/aromatic N) is 3. The number of rotatable bonds is 4. The average Bonchev–Trinajstić information content (AvgIpc) is 3.41. The van der Waals surface area contributed by atoms with Crippen molar-refractivity contribution in [3.63, 3.8) is 0 Å². The number of carbonyl (C=O) groups is 3.